The second kappa shape index (κ2) is 6.68. The summed E-state index contributed by atoms with van der Waals surface area (Å²) in [6, 6.07) is -2.29. The number of nitrogens with zero attached hydrogens (tertiary/aromatic N) is 3. The SMILES string of the molecule is CC(=O)N1CC(NC(=O)c2cn3c(n2)CCCC3)CCC1C(F)(F)F. The molecule has 0 bridgehead atoms. The van der Waals surface area contributed by atoms with Crippen molar-refractivity contribution in [1.82, 2.24) is 19.8 Å². The molecule has 0 radical (unpaired) electrons. The van der Waals surface area contributed by atoms with Crippen LogP contribution in [-0.2, 0) is 17.8 Å². The van der Waals surface area contributed by atoms with Crippen LogP contribution in [0.5, 0.6) is 0 Å². The van der Waals surface area contributed by atoms with Gasteiger partial charge < -0.3 is 14.8 Å². The molecule has 1 saturated heterocycles. The van der Waals surface area contributed by atoms with Gasteiger partial charge in [0.25, 0.3) is 5.91 Å². The largest absolute Gasteiger partial charge is 0.408 e. The summed E-state index contributed by atoms with van der Waals surface area (Å²) in [4.78, 5) is 29.1. The molecule has 0 saturated carbocycles. The highest BCUT2D eigenvalue weighted by Crippen LogP contribution is 2.32. The standard InChI is InChI=1S/C16H21F3N4O2/c1-10(24)23-8-11(5-6-13(23)16(17,18)19)20-15(25)12-9-22-7-3-2-4-14(22)21-12/h9,11,13H,2-8H2,1H3,(H,20,25). The van der Waals surface area contributed by atoms with Crippen LogP contribution in [0.4, 0.5) is 13.2 Å². The predicted octanol–water partition coefficient (Wildman–Crippen LogP) is 1.89. The van der Waals surface area contributed by atoms with Gasteiger partial charge in [0.15, 0.2) is 0 Å². The number of carbonyl (C=O) groups is 2. The zero-order valence-electron chi connectivity index (χ0n) is 14.0. The maximum atomic E-state index is 13.0. The molecule has 1 fully saturated rings. The number of imidazole rings is 1. The predicted molar refractivity (Wildman–Crippen MR) is 82.9 cm³/mol. The summed E-state index contributed by atoms with van der Waals surface area (Å²) in [5.41, 5.74) is 0.282. The Morgan fingerprint density at radius 2 is 2.04 bits per heavy atom. The Bertz CT molecular complexity index is 647. The zero-order valence-corrected chi connectivity index (χ0v) is 14.0. The second-order valence-electron chi connectivity index (χ2n) is 6.67. The average Bonchev–Trinajstić information content (AvgIpc) is 2.98. The van der Waals surface area contributed by atoms with E-state index in [4.69, 9.17) is 0 Å². The van der Waals surface area contributed by atoms with Gasteiger partial charge in [0.1, 0.15) is 17.6 Å². The van der Waals surface area contributed by atoms with Crippen LogP contribution in [0.15, 0.2) is 6.20 Å². The fourth-order valence-electron chi connectivity index (χ4n) is 3.56. The first-order valence-corrected chi connectivity index (χ1v) is 8.46. The second-order valence-corrected chi connectivity index (χ2v) is 6.67. The van der Waals surface area contributed by atoms with E-state index in [2.05, 4.69) is 10.3 Å². The number of halogens is 3. The summed E-state index contributed by atoms with van der Waals surface area (Å²) in [5.74, 6) is -0.179. The van der Waals surface area contributed by atoms with Crippen molar-refractivity contribution >= 4 is 11.8 Å². The van der Waals surface area contributed by atoms with E-state index in [1.807, 2.05) is 4.57 Å². The van der Waals surface area contributed by atoms with Crippen molar-refractivity contribution in [2.24, 2.45) is 0 Å². The lowest BCUT2D eigenvalue weighted by atomic mass is 9.97. The number of piperidine rings is 1. The molecular weight excluding hydrogens is 337 g/mol. The van der Waals surface area contributed by atoms with Crippen molar-refractivity contribution in [2.45, 2.75) is 63.8 Å². The smallest absolute Gasteiger partial charge is 0.346 e. The normalized spacial score (nSPS) is 23.9. The van der Waals surface area contributed by atoms with E-state index in [0.717, 1.165) is 43.5 Å². The molecule has 0 spiro atoms. The number of carbonyl (C=O) groups excluding carboxylic acids is 2. The molecule has 138 valence electrons. The molecular formula is C16H21F3N4O2. The third-order valence-electron chi connectivity index (χ3n) is 4.84. The molecule has 3 heterocycles. The van der Waals surface area contributed by atoms with Crippen molar-refractivity contribution in [3.05, 3.63) is 17.7 Å². The number of hydrogen-bond acceptors (Lipinski definition) is 3. The Morgan fingerprint density at radius 1 is 1.28 bits per heavy atom. The Labute approximate surface area is 143 Å². The number of nitrogens with one attached hydrogen (secondary N) is 1. The summed E-state index contributed by atoms with van der Waals surface area (Å²) in [7, 11) is 0. The molecule has 0 aromatic carbocycles. The average molecular weight is 358 g/mol. The van der Waals surface area contributed by atoms with Gasteiger partial charge >= 0.3 is 6.18 Å². The summed E-state index contributed by atoms with van der Waals surface area (Å²) < 4.78 is 41.1. The number of fused-ring (bicyclic) bond motifs is 1. The molecule has 9 heteroatoms. The van der Waals surface area contributed by atoms with Gasteiger partial charge in [-0.1, -0.05) is 0 Å². The minimum absolute atomic E-state index is 0.140. The molecule has 2 amide bonds. The summed E-state index contributed by atoms with van der Waals surface area (Å²) >= 11 is 0. The number of hydrogen-bond donors (Lipinski definition) is 1. The summed E-state index contributed by atoms with van der Waals surface area (Å²) in [5, 5.41) is 2.73. The van der Waals surface area contributed by atoms with Gasteiger partial charge in [0.2, 0.25) is 5.91 Å². The molecule has 1 N–H and O–H groups in total. The van der Waals surface area contributed by atoms with Gasteiger partial charge in [-0.25, -0.2) is 4.98 Å². The first-order chi connectivity index (χ1) is 11.8. The molecule has 2 aliphatic rings. The highest BCUT2D eigenvalue weighted by Gasteiger charge is 2.47. The molecule has 6 nitrogen and oxygen atoms in total. The Kier molecular flexibility index (Phi) is 4.75. The lowest BCUT2D eigenvalue weighted by molar-refractivity contribution is -0.196. The molecule has 3 rings (SSSR count). The van der Waals surface area contributed by atoms with Gasteiger partial charge in [-0.15, -0.1) is 0 Å². The van der Waals surface area contributed by atoms with Crippen LogP contribution in [-0.4, -0.2) is 51.1 Å². The maximum Gasteiger partial charge on any atom is 0.408 e. The number of rotatable bonds is 2. The van der Waals surface area contributed by atoms with Crippen LogP contribution in [0.25, 0.3) is 0 Å². The Morgan fingerprint density at radius 3 is 2.68 bits per heavy atom. The summed E-state index contributed by atoms with van der Waals surface area (Å²) in [6.07, 6.45) is 0.0904. The monoisotopic (exact) mass is 358 g/mol. The Balaban J connectivity index is 1.66. The minimum Gasteiger partial charge on any atom is -0.346 e. The number of likely N-dealkylation sites (tertiary alicyclic amines) is 1. The number of aromatic nitrogens is 2. The fourth-order valence-corrected chi connectivity index (χ4v) is 3.56. The van der Waals surface area contributed by atoms with E-state index < -0.39 is 30.1 Å². The quantitative estimate of drug-likeness (QED) is 0.878. The third kappa shape index (κ3) is 3.80. The first-order valence-electron chi connectivity index (χ1n) is 8.46. The highest BCUT2D eigenvalue weighted by atomic mass is 19.4. The van der Waals surface area contributed by atoms with Crippen LogP contribution in [0.2, 0.25) is 0 Å². The van der Waals surface area contributed by atoms with Crippen molar-refractivity contribution in [2.75, 3.05) is 6.54 Å². The Hall–Kier alpha value is -2.06. The van der Waals surface area contributed by atoms with E-state index >= 15 is 0 Å². The van der Waals surface area contributed by atoms with Gasteiger partial charge in [0, 0.05) is 38.7 Å². The van der Waals surface area contributed by atoms with Crippen molar-refractivity contribution in [3.63, 3.8) is 0 Å². The molecule has 2 unspecified atom stereocenters. The van der Waals surface area contributed by atoms with Crippen LogP contribution < -0.4 is 5.32 Å². The lowest BCUT2D eigenvalue weighted by Gasteiger charge is -2.40. The zero-order chi connectivity index (χ0) is 18.2. The number of amides is 2. The van der Waals surface area contributed by atoms with Crippen LogP contribution in [0.1, 0.15) is 48.9 Å². The van der Waals surface area contributed by atoms with Crippen LogP contribution in [0, 0.1) is 0 Å². The molecule has 0 aliphatic carbocycles. The van der Waals surface area contributed by atoms with E-state index in [1.165, 1.54) is 0 Å². The fraction of sp³-hybridized carbons (Fsp3) is 0.688. The van der Waals surface area contributed by atoms with Crippen molar-refractivity contribution < 1.29 is 22.8 Å². The maximum absolute atomic E-state index is 13.0. The number of aryl methyl sites for hydroxylation is 2. The first kappa shape index (κ1) is 17.8. The number of alkyl halides is 3. The third-order valence-corrected chi connectivity index (χ3v) is 4.84. The topological polar surface area (TPSA) is 67.2 Å². The van der Waals surface area contributed by atoms with Crippen molar-refractivity contribution in [1.29, 1.82) is 0 Å². The van der Waals surface area contributed by atoms with E-state index in [9.17, 15) is 22.8 Å². The summed E-state index contributed by atoms with van der Waals surface area (Å²) in [6.45, 7) is 1.80. The minimum atomic E-state index is -4.45. The van der Waals surface area contributed by atoms with Crippen molar-refractivity contribution in [3.8, 4) is 0 Å². The molecule has 2 atom stereocenters. The van der Waals surface area contributed by atoms with E-state index in [1.54, 1.807) is 6.20 Å². The lowest BCUT2D eigenvalue weighted by Crippen LogP contribution is -2.57. The molecule has 1 aromatic rings. The van der Waals surface area contributed by atoms with E-state index in [0.29, 0.717) is 0 Å². The molecule has 2 aliphatic heterocycles. The highest BCUT2D eigenvalue weighted by molar-refractivity contribution is 5.92. The van der Waals surface area contributed by atoms with Gasteiger partial charge in [-0.2, -0.15) is 13.2 Å². The van der Waals surface area contributed by atoms with E-state index in [-0.39, 0.29) is 25.1 Å². The molecule has 25 heavy (non-hydrogen) atoms. The van der Waals surface area contributed by atoms with Gasteiger partial charge in [-0.3, -0.25) is 9.59 Å². The molecule has 1 aromatic heterocycles. The van der Waals surface area contributed by atoms with Crippen LogP contribution >= 0.6 is 0 Å². The van der Waals surface area contributed by atoms with Gasteiger partial charge in [0.05, 0.1) is 0 Å². The van der Waals surface area contributed by atoms with Crippen LogP contribution in [0.3, 0.4) is 0 Å². The van der Waals surface area contributed by atoms with Gasteiger partial charge in [-0.05, 0) is 25.7 Å².